The average Bonchev–Trinajstić information content (AvgIpc) is 2.94. The summed E-state index contributed by atoms with van der Waals surface area (Å²) in [7, 11) is 2.16. The predicted octanol–water partition coefficient (Wildman–Crippen LogP) is 7.44. The second kappa shape index (κ2) is 18.2. The van der Waals surface area contributed by atoms with Gasteiger partial charge in [-0.1, -0.05) is 48.2 Å². The van der Waals surface area contributed by atoms with Gasteiger partial charge in [0.2, 0.25) is 0 Å². The maximum absolute atomic E-state index is 10.6. The third-order valence-corrected chi connectivity index (χ3v) is 6.97. The first-order chi connectivity index (χ1) is 19.6. The van der Waals surface area contributed by atoms with E-state index in [4.69, 9.17) is 19.8 Å². The van der Waals surface area contributed by atoms with Crippen LogP contribution in [0, 0.1) is 0 Å². The van der Waals surface area contributed by atoms with Crippen LogP contribution in [0.5, 0.6) is 0 Å². The molecule has 0 radical (unpaired) electrons. The zero-order valence-electron chi connectivity index (χ0n) is 22.6. The predicted molar refractivity (Wildman–Crippen MR) is 152 cm³/mol. The van der Waals surface area contributed by atoms with Gasteiger partial charge >= 0.3 is 24.3 Å². The van der Waals surface area contributed by atoms with Crippen LogP contribution in [0.15, 0.2) is 93.5 Å². The maximum atomic E-state index is 10.6. The summed E-state index contributed by atoms with van der Waals surface area (Å²) in [5.74, 6) is -5.51. The molecule has 0 heterocycles. The number of halogens is 6. The molecule has 3 rings (SSSR count). The highest BCUT2D eigenvalue weighted by Crippen LogP contribution is 2.31. The van der Waals surface area contributed by atoms with E-state index in [0.717, 1.165) is 26.1 Å². The molecular weight excluding hydrogens is 606 g/mol. The molecule has 0 aromatic heterocycles. The van der Waals surface area contributed by atoms with Gasteiger partial charge in [-0.3, -0.25) is 0 Å². The quantitative estimate of drug-likeness (QED) is 0.120. The molecule has 0 unspecified atom stereocenters. The van der Waals surface area contributed by atoms with Gasteiger partial charge in [0.05, 0.1) is 0 Å². The number of thioether (sulfide) groups is 1. The van der Waals surface area contributed by atoms with Crippen LogP contribution in [0.1, 0.15) is 12.0 Å². The lowest BCUT2D eigenvalue weighted by molar-refractivity contribution is -0.193. The third kappa shape index (κ3) is 15.0. The minimum Gasteiger partial charge on any atom is -0.475 e. The van der Waals surface area contributed by atoms with Crippen LogP contribution in [-0.4, -0.2) is 60.9 Å². The van der Waals surface area contributed by atoms with E-state index in [-0.39, 0.29) is 0 Å². The number of carbonyl (C=O) groups is 2. The number of carboxylic acid groups (broad SMARTS) is 2. The first-order valence-electron chi connectivity index (χ1n) is 12.1. The number of aliphatic carboxylic acids is 2. The van der Waals surface area contributed by atoms with Gasteiger partial charge in [0.15, 0.2) is 0 Å². The molecule has 3 aromatic carbocycles. The van der Waals surface area contributed by atoms with Gasteiger partial charge in [0.1, 0.15) is 0 Å². The van der Waals surface area contributed by atoms with Gasteiger partial charge in [-0.15, -0.1) is 11.8 Å². The molecule has 0 saturated heterocycles. The highest BCUT2D eigenvalue weighted by Gasteiger charge is 2.38. The van der Waals surface area contributed by atoms with E-state index >= 15 is 0 Å². The maximum Gasteiger partial charge on any atom is 0.490 e. The number of anilines is 1. The van der Waals surface area contributed by atoms with E-state index < -0.39 is 24.3 Å². The van der Waals surface area contributed by atoms with Crippen molar-refractivity contribution in [1.82, 2.24) is 5.32 Å². The summed E-state index contributed by atoms with van der Waals surface area (Å²) in [4.78, 5) is 24.0. The summed E-state index contributed by atoms with van der Waals surface area (Å²) in [6.45, 7) is 2.97. The Kier molecular flexibility index (Phi) is 15.9. The van der Waals surface area contributed by atoms with Crippen molar-refractivity contribution in [3.63, 3.8) is 0 Å². The van der Waals surface area contributed by atoms with Crippen molar-refractivity contribution in [2.75, 3.05) is 31.3 Å². The standard InChI is InChI=1S/C24H28N2S2.2C2HF3O2/c1-26(21-10-4-3-5-11-21)18-8-17-25-19-20-9-6-7-12-24(20)28-23-15-13-22(27-2)14-16-23;2*3-2(4,5)1(6)7/h3-7,9-16,25H,8,17-19H2,1-2H3;2*(H,6,7). The van der Waals surface area contributed by atoms with Crippen molar-refractivity contribution in [1.29, 1.82) is 0 Å². The molecule has 0 bridgehead atoms. The fourth-order valence-corrected chi connectivity index (χ4v) is 4.35. The average molecular weight is 637 g/mol. The van der Waals surface area contributed by atoms with Crippen molar-refractivity contribution in [3.05, 3.63) is 84.4 Å². The molecule has 42 heavy (non-hydrogen) atoms. The summed E-state index contributed by atoms with van der Waals surface area (Å²) in [5.41, 5.74) is 2.63. The fraction of sp³-hybridized carbons (Fsp3) is 0.286. The fourth-order valence-electron chi connectivity index (χ4n) is 3.00. The number of carboxylic acids is 2. The van der Waals surface area contributed by atoms with Crippen LogP contribution >= 0.6 is 23.5 Å². The highest BCUT2D eigenvalue weighted by atomic mass is 32.2. The Morgan fingerprint density at radius 2 is 1.26 bits per heavy atom. The number of nitrogens with zero attached hydrogens (tertiary/aromatic N) is 1. The summed E-state index contributed by atoms with van der Waals surface area (Å²) < 4.78 is 63.5. The first-order valence-corrected chi connectivity index (χ1v) is 14.2. The van der Waals surface area contributed by atoms with Crippen molar-refractivity contribution in [3.8, 4) is 0 Å². The number of nitrogens with one attached hydrogen (secondary N) is 1. The molecule has 0 aliphatic rings. The number of alkyl halides is 6. The van der Waals surface area contributed by atoms with Crippen molar-refractivity contribution < 1.29 is 46.1 Å². The van der Waals surface area contributed by atoms with E-state index in [2.05, 4.69) is 102 Å². The van der Waals surface area contributed by atoms with Gasteiger partial charge in [-0.25, -0.2) is 9.59 Å². The number of para-hydroxylation sites is 1. The Balaban J connectivity index is 0.000000522. The minimum atomic E-state index is -5.08. The summed E-state index contributed by atoms with van der Waals surface area (Å²) in [5, 5.41) is 17.9. The molecular formula is C28H30F6N2O4S2. The summed E-state index contributed by atoms with van der Waals surface area (Å²) >= 11 is 3.62. The van der Waals surface area contributed by atoms with Gasteiger partial charge in [0, 0.05) is 40.5 Å². The Labute approximate surface area is 248 Å². The lowest BCUT2D eigenvalue weighted by Crippen LogP contribution is -2.23. The SMILES string of the molecule is CSc1ccc(Sc2ccccc2CNCCCN(C)c2ccccc2)cc1.O=C(O)C(F)(F)F.O=C(O)C(F)(F)F. The normalized spacial score (nSPS) is 11.0. The summed E-state index contributed by atoms with van der Waals surface area (Å²) in [6, 6.07) is 28.0. The molecule has 0 fully saturated rings. The first kappa shape index (κ1) is 36.7. The lowest BCUT2D eigenvalue weighted by atomic mass is 10.2. The van der Waals surface area contributed by atoms with Crippen molar-refractivity contribution in [2.45, 2.75) is 40.0 Å². The molecule has 0 aliphatic heterocycles. The van der Waals surface area contributed by atoms with E-state index in [1.807, 2.05) is 11.8 Å². The largest absolute Gasteiger partial charge is 0.490 e. The van der Waals surface area contributed by atoms with E-state index in [9.17, 15) is 26.3 Å². The minimum absolute atomic E-state index is 0.904. The highest BCUT2D eigenvalue weighted by molar-refractivity contribution is 7.99. The lowest BCUT2D eigenvalue weighted by Gasteiger charge is -2.19. The Hall–Kier alpha value is -3.36. The van der Waals surface area contributed by atoms with Crippen LogP contribution < -0.4 is 10.2 Å². The molecule has 3 aromatic rings. The molecule has 0 aliphatic carbocycles. The monoisotopic (exact) mass is 636 g/mol. The summed E-state index contributed by atoms with van der Waals surface area (Å²) in [6.07, 6.45) is -6.93. The Morgan fingerprint density at radius 1 is 0.786 bits per heavy atom. The zero-order chi connectivity index (χ0) is 31.8. The second-order valence-corrected chi connectivity index (χ2v) is 10.3. The molecule has 14 heteroatoms. The van der Waals surface area contributed by atoms with Gasteiger partial charge in [-0.2, -0.15) is 26.3 Å². The molecule has 0 spiro atoms. The molecule has 0 atom stereocenters. The van der Waals surface area contributed by atoms with Gasteiger partial charge in [-0.05, 0) is 67.2 Å². The molecule has 0 saturated carbocycles. The Morgan fingerprint density at radius 3 is 1.76 bits per heavy atom. The number of hydrogen-bond acceptors (Lipinski definition) is 6. The van der Waals surface area contributed by atoms with Gasteiger partial charge in [0.25, 0.3) is 0 Å². The van der Waals surface area contributed by atoms with Crippen molar-refractivity contribution >= 4 is 41.1 Å². The molecule has 6 nitrogen and oxygen atoms in total. The number of rotatable bonds is 10. The topological polar surface area (TPSA) is 89.9 Å². The van der Waals surface area contributed by atoms with E-state index in [1.54, 1.807) is 11.8 Å². The van der Waals surface area contributed by atoms with Crippen molar-refractivity contribution in [2.24, 2.45) is 0 Å². The molecule has 3 N–H and O–H groups in total. The number of benzene rings is 3. The van der Waals surface area contributed by atoms with Crippen LogP contribution in [0.2, 0.25) is 0 Å². The smallest absolute Gasteiger partial charge is 0.475 e. The third-order valence-electron chi connectivity index (χ3n) is 5.10. The van der Waals surface area contributed by atoms with E-state index in [0.29, 0.717) is 0 Å². The van der Waals surface area contributed by atoms with Crippen LogP contribution in [0.4, 0.5) is 32.0 Å². The van der Waals surface area contributed by atoms with E-state index in [1.165, 1.54) is 25.9 Å². The zero-order valence-corrected chi connectivity index (χ0v) is 24.2. The van der Waals surface area contributed by atoms with Crippen LogP contribution in [-0.2, 0) is 16.1 Å². The molecule has 0 amide bonds. The van der Waals surface area contributed by atoms with Gasteiger partial charge < -0.3 is 20.4 Å². The number of hydrogen-bond donors (Lipinski definition) is 3. The molecule has 230 valence electrons. The second-order valence-electron chi connectivity index (χ2n) is 8.28. The van der Waals surface area contributed by atoms with Crippen LogP contribution in [0.25, 0.3) is 0 Å². The van der Waals surface area contributed by atoms with Crippen LogP contribution in [0.3, 0.4) is 0 Å². The Bertz CT molecular complexity index is 1200.